The molecule has 0 rings (SSSR count). The lowest BCUT2D eigenvalue weighted by molar-refractivity contribution is 0.0742. The first-order valence-electron chi connectivity index (χ1n) is 4.84. The number of halogens is 2. The van der Waals surface area contributed by atoms with E-state index < -0.39 is 5.92 Å². The maximum absolute atomic E-state index is 12.4. The smallest absolute Gasteiger partial charge is 0.263 e. The van der Waals surface area contributed by atoms with E-state index in [-0.39, 0.29) is 5.41 Å². The van der Waals surface area contributed by atoms with Crippen LogP contribution < -0.4 is 0 Å². The molecule has 86 valence electrons. The van der Waals surface area contributed by atoms with Gasteiger partial charge in [0.15, 0.2) is 0 Å². The summed E-state index contributed by atoms with van der Waals surface area (Å²) < 4.78 is 29.6. The first kappa shape index (κ1) is 16.0. The number of allylic oxidation sites excluding steroid dienone is 1. The van der Waals surface area contributed by atoms with Crippen molar-refractivity contribution in [2.24, 2.45) is 5.41 Å². The third-order valence-corrected chi connectivity index (χ3v) is 1.34. The number of hydrogen-bond donors (Lipinski definition) is 0. The SMILES string of the molecule is CC.COCC(C)(C)/C=C/C(C)(F)F. The van der Waals surface area contributed by atoms with Crippen molar-refractivity contribution in [1.82, 2.24) is 0 Å². The summed E-state index contributed by atoms with van der Waals surface area (Å²) in [6.45, 7) is 9.00. The van der Waals surface area contributed by atoms with Crippen molar-refractivity contribution in [3.63, 3.8) is 0 Å². The minimum absolute atomic E-state index is 0.325. The molecule has 0 fully saturated rings. The van der Waals surface area contributed by atoms with Crippen LogP contribution in [0, 0.1) is 5.41 Å². The van der Waals surface area contributed by atoms with Crippen molar-refractivity contribution >= 4 is 0 Å². The van der Waals surface area contributed by atoms with Gasteiger partial charge in [-0.3, -0.25) is 0 Å². The van der Waals surface area contributed by atoms with Crippen LogP contribution in [0.4, 0.5) is 8.78 Å². The van der Waals surface area contributed by atoms with Crippen LogP contribution in [-0.4, -0.2) is 19.6 Å². The van der Waals surface area contributed by atoms with E-state index in [1.54, 1.807) is 7.11 Å². The molecule has 0 spiro atoms. The molecule has 0 bridgehead atoms. The number of methoxy groups -OCH3 is 1. The average Bonchev–Trinajstić information content (AvgIpc) is 2.04. The van der Waals surface area contributed by atoms with Gasteiger partial charge < -0.3 is 4.74 Å². The highest BCUT2D eigenvalue weighted by molar-refractivity contribution is 5.00. The lowest BCUT2D eigenvalue weighted by Crippen LogP contribution is -2.16. The second kappa shape index (κ2) is 6.93. The summed E-state index contributed by atoms with van der Waals surface area (Å²) in [6.07, 6.45) is 2.39. The van der Waals surface area contributed by atoms with Crippen molar-refractivity contribution in [3.05, 3.63) is 12.2 Å². The molecule has 0 saturated heterocycles. The molecule has 0 aromatic rings. The Morgan fingerprint density at radius 3 is 1.79 bits per heavy atom. The molecule has 3 heteroatoms. The Hall–Kier alpha value is -0.440. The molecule has 0 radical (unpaired) electrons. The highest BCUT2D eigenvalue weighted by atomic mass is 19.3. The number of alkyl halides is 2. The first-order valence-corrected chi connectivity index (χ1v) is 4.84. The van der Waals surface area contributed by atoms with Crippen LogP contribution in [0.1, 0.15) is 34.6 Å². The third-order valence-electron chi connectivity index (χ3n) is 1.34. The fraction of sp³-hybridized carbons (Fsp3) is 0.818. The molecule has 0 heterocycles. The van der Waals surface area contributed by atoms with Crippen LogP contribution in [-0.2, 0) is 4.74 Å². The number of rotatable bonds is 4. The van der Waals surface area contributed by atoms with Crippen LogP contribution >= 0.6 is 0 Å². The lowest BCUT2D eigenvalue weighted by Gasteiger charge is -2.19. The second-order valence-electron chi connectivity index (χ2n) is 3.71. The maximum Gasteiger partial charge on any atom is 0.263 e. The lowest BCUT2D eigenvalue weighted by atomic mass is 9.94. The minimum Gasteiger partial charge on any atom is -0.384 e. The zero-order valence-electron chi connectivity index (χ0n) is 10.0. The largest absolute Gasteiger partial charge is 0.384 e. The molecule has 0 aromatic heterocycles. The number of ether oxygens (including phenoxy) is 1. The molecule has 1 nitrogen and oxygen atoms in total. The molecule has 0 aromatic carbocycles. The van der Waals surface area contributed by atoms with Gasteiger partial charge in [0.25, 0.3) is 5.92 Å². The average molecular weight is 208 g/mol. The van der Waals surface area contributed by atoms with Gasteiger partial charge in [0, 0.05) is 19.4 Å². The highest BCUT2D eigenvalue weighted by Gasteiger charge is 2.19. The molecule has 14 heavy (non-hydrogen) atoms. The fourth-order valence-corrected chi connectivity index (χ4v) is 0.792. The van der Waals surface area contributed by atoms with Crippen LogP contribution in [0.2, 0.25) is 0 Å². The Morgan fingerprint density at radius 2 is 1.50 bits per heavy atom. The molecule has 0 aliphatic rings. The van der Waals surface area contributed by atoms with E-state index in [0.717, 1.165) is 13.0 Å². The zero-order valence-corrected chi connectivity index (χ0v) is 10.0. The molecule has 0 unspecified atom stereocenters. The zero-order chi connectivity index (χ0) is 11.8. The molecule has 0 amide bonds. The summed E-state index contributed by atoms with van der Waals surface area (Å²) in [4.78, 5) is 0. The van der Waals surface area contributed by atoms with Gasteiger partial charge in [-0.05, 0) is 6.08 Å². The van der Waals surface area contributed by atoms with Crippen LogP contribution in [0.5, 0.6) is 0 Å². The van der Waals surface area contributed by atoms with E-state index in [9.17, 15) is 8.78 Å². The normalized spacial score (nSPS) is 12.6. The van der Waals surface area contributed by atoms with Crippen molar-refractivity contribution in [2.45, 2.75) is 40.5 Å². The highest BCUT2D eigenvalue weighted by Crippen LogP contribution is 2.21. The summed E-state index contributed by atoms with van der Waals surface area (Å²) in [5.41, 5.74) is -0.325. The van der Waals surface area contributed by atoms with E-state index in [1.165, 1.54) is 6.08 Å². The first-order chi connectivity index (χ1) is 6.27. The predicted molar refractivity (Wildman–Crippen MR) is 56.8 cm³/mol. The van der Waals surface area contributed by atoms with Crippen molar-refractivity contribution in [1.29, 1.82) is 0 Å². The molecule has 0 aliphatic carbocycles. The van der Waals surface area contributed by atoms with E-state index in [1.807, 2.05) is 27.7 Å². The third kappa shape index (κ3) is 11.6. The van der Waals surface area contributed by atoms with Crippen molar-refractivity contribution in [3.8, 4) is 0 Å². The number of hydrogen-bond acceptors (Lipinski definition) is 1. The second-order valence-corrected chi connectivity index (χ2v) is 3.71. The fourth-order valence-electron chi connectivity index (χ4n) is 0.792. The Balaban J connectivity index is 0. The molecule has 0 N–H and O–H groups in total. The monoisotopic (exact) mass is 208 g/mol. The summed E-state index contributed by atoms with van der Waals surface area (Å²) in [6, 6.07) is 0. The maximum atomic E-state index is 12.4. The van der Waals surface area contributed by atoms with Gasteiger partial charge in [-0.15, -0.1) is 0 Å². The van der Waals surface area contributed by atoms with Gasteiger partial charge in [-0.2, -0.15) is 0 Å². The topological polar surface area (TPSA) is 9.23 Å². The Kier molecular flexibility index (Phi) is 7.93. The summed E-state index contributed by atoms with van der Waals surface area (Å²) in [5.74, 6) is -2.73. The Morgan fingerprint density at radius 1 is 1.07 bits per heavy atom. The van der Waals surface area contributed by atoms with E-state index in [0.29, 0.717) is 6.61 Å². The van der Waals surface area contributed by atoms with Crippen molar-refractivity contribution < 1.29 is 13.5 Å². The van der Waals surface area contributed by atoms with Crippen LogP contribution in [0.15, 0.2) is 12.2 Å². The minimum atomic E-state index is -2.73. The summed E-state index contributed by atoms with van der Waals surface area (Å²) in [7, 11) is 1.56. The Bertz CT molecular complexity index is 157. The van der Waals surface area contributed by atoms with Gasteiger partial charge in [0.2, 0.25) is 0 Å². The van der Waals surface area contributed by atoms with Crippen LogP contribution in [0.25, 0.3) is 0 Å². The van der Waals surface area contributed by atoms with E-state index >= 15 is 0 Å². The summed E-state index contributed by atoms with van der Waals surface area (Å²) >= 11 is 0. The quantitative estimate of drug-likeness (QED) is 0.637. The van der Waals surface area contributed by atoms with Gasteiger partial charge >= 0.3 is 0 Å². The van der Waals surface area contributed by atoms with E-state index in [4.69, 9.17) is 4.74 Å². The standard InChI is InChI=1S/C9H16F2O.C2H6/c1-8(2,7-12-4)5-6-9(3,10)11;1-2/h5-6H,7H2,1-4H3;1-2H3/b6-5+;. The van der Waals surface area contributed by atoms with Gasteiger partial charge in [0.1, 0.15) is 0 Å². The molecule has 0 atom stereocenters. The summed E-state index contributed by atoms with van der Waals surface area (Å²) in [5, 5.41) is 0. The molecular formula is C11H22F2O. The predicted octanol–water partition coefficient (Wildman–Crippen LogP) is 3.90. The van der Waals surface area contributed by atoms with E-state index in [2.05, 4.69) is 0 Å². The Labute approximate surface area is 86.1 Å². The van der Waals surface area contributed by atoms with Crippen LogP contribution in [0.3, 0.4) is 0 Å². The van der Waals surface area contributed by atoms with Gasteiger partial charge in [0.05, 0.1) is 6.61 Å². The van der Waals surface area contributed by atoms with Crippen molar-refractivity contribution in [2.75, 3.05) is 13.7 Å². The molecule has 0 aliphatic heterocycles. The van der Waals surface area contributed by atoms with Gasteiger partial charge in [-0.1, -0.05) is 33.8 Å². The molecule has 0 saturated carbocycles. The molecular weight excluding hydrogens is 186 g/mol. The van der Waals surface area contributed by atoms with Gasteiger partial charge in [-0.25, -0.2) is 8.78 Å².